The molecule has 5 rings (SSSR count). The fraction of sp³-hybridized carbons (Fsp3) is 0.391. The van der Waals surface area contributed by atoms with E-state index >= 15 is 0 Å². The predicted molar refractivity (Wildman–Crippen MR) is 122 cm³/mol. The first kappa shape index (κ1) is 21.4. The fourth-order valence-electron chi connectivity index (χ4n) is 4.51. The summed E-state index contributed by atoms with van der Waals surface area (Å²) in [5, 5.41) is 6.39. The van der Waals surface area contributed by atoms with Crippen molar-refractivity contribution < 1.29 is 8.78 Å². The maximum absolute atomic E-state index is 14.9. The number of benzene rings is 1. The molecule has 1 fully saturated rings. The molecule has 0 unspecified atom stereocenters. The molecule has 10 heteroatoms. The van der Waals surface area contributed by atoms with Gasteiger partial charge in [-0.2, -0.15) is 0 Å². The number of nitrogens with one attached hydrogen (secondary N) is 2. The van der Waals surface area contributed by atoms with E-state index in [-0.39, 0.29) is 23.2 Å². The zero-order valence-electron chi connectivity index (χ0n) is 18.8. The van der Waals surface area contributed by atoms with Crippen molar-refractivity contribution in [1.29, 1.82) is 0 Å². The van der Waals surface area contributed by atoms with Gasteiger partial charge in [-0.15, -0.1) is 0 Å². The van der Waals surface area contributed by atoms with E-state index < -0.39 is 11.6 Å². The number of hydrogen-bond acceptors (Lipinski definition) is 6. The molecule has 2 N–H and O–H groups in total. The van der Waals surface area contributed by atoms with E-state index in [4.69, 9.17) is 0 Å². The first-order valence-corrected chi connectivity index (χ1v) is 11.1. The molecular weight excluding hydrogens is 426 g/mol. The number of hydrogen-bond donors (Lipinski definition) is 2. The Labute approximate surface area is 190 Å². The van der Waals surface area contributed by atoms with Gasteiger partial charge in [-0.25, -0.2) is 28.7 Å². The molecule has 0 atom stereocenters. The summed E-state index contributed by atoms with van der Waals surface area (Å²) < 4.78 is 33.6. The molecule has 0 saturated carbocycles. The van der Waals surface area contributed by atoms with Gasteiger partial charge < -0.3 is 19.8 Å². The quantitative estimate of drug-likeness (QED) is 0.463. The van der Waals surface area contributed by atoms with Crippen molar-refractivity contribution in [2.75, 3.05) is 18.4 Å². The second kappa shape index (κ2) is 8.51. The molecule has 0 amide bonds. The average Bonchev–Trinajstić information content (AvgIpc) is 3.39. The van der Waals surface area contributed by atoms with Crippen molar-refractivity contribution in [1.82, 2.24) is 34.4 Å². The van der Waals surface area contributed by atoms with Gasteiger partial charge in [0, 0.05) is 23.8 Å². The number of aryl methyl sites for hydroxylation is 1. The highest BCUT2D eigenvalue weighted by atomic mass is 19.1. The minimum Gasteiger partial charge on any atom is -0.332 e. The van der Waals surface area contributed by atoms with E-state index in [1.54, 1.807) is 12.4 Å². The second-order valence-corrected chi connectivity index (χ2v) is 8.65. The van der Waals surface area contributed by atoms with Gasteiger partial charge in [-0.1, -0.05) is 0 Å². The maximum Gasteiger partial charge on any atom is 0.229 e. The zero-order chi connectivity index (χ0) is 23.1. The summed E-state index contributed by atoms with van der Waals surface area (Å²) in [5.41, 5.74) is 1.21. The molecule has 0 radical (unpaired) electrons. The van der Waals surface area contributed by atoms with Crippen LogP contribution in [0.3, 0.4) is 0 Å². The van der Waals surface area contributed by atoms with E-state index in [1.807, 2.05) is 31.5 Å². The first-order chi connectivity index (χ1) is 15.9. The van der Waals surface area contributed by atoms with Crippen LogP contribution in [-0.4, -0.2) is 42.2 Å². The number of aromatic nitrogens is 6. The van der Waals surface area contributed by atoms with Gasteiger partial charge in [0.15, 0.2) is 17.5 Å². The van der Waals surface area contributed by atoms with Crippen LogP contribution in [0.5, 0.6) is 0 Å². The minimum atomic E-state index is -0.633. The molecule has 33 heavy (non-hydrogen) atoms. The van der Waals surface area contributed by atoms with Gasteiger partial charge in [0.05, 0.1) is 18.0 Å². The molecule has 3 aromatic heterocycles. The van der Waals surface area contributed by atoms with Crippen molar-refractivity contribution in [3.8, 4) is 11.3 Å². The maximum atomic E-state index is 14.9. The number of halogens is 2. The van der Waals surface area contributed by atoms with E-state index in [1.165, 1.54) is 6.07 Å². The van der Waals surface area contributed by atoms with Crippen LogP contribution in [0.4, 0.5) is 20.5 Å². The third-order valence-corrected chi connectivity index (χ3v) is 6.03. The molecule has 1 saturated heterocycles. The largest absolute Gasteiger partial charge is 0.332 e. The number of rotatable bonds is 5. The third-order valence-electron chi connectivity index (χ3n) is 6.03. The molecule has 8 nitrogen and oxygen atoms in total. The lowest BCUT2D eigenvalue weighted by atomic mass is 10.1. The first-order valence-electron chi connectivity index (χ1n) is 11.1. The Morgan fingerprint density at radius 3 is 2.64 bits per heavy atom. The molecule has 0 spiro atoms. The van der Waals surface area contributed by atoms with E-state index in [0.717, 1.165) is 32.1 Å². The van der Waals surface area contributed by atoms with Crippen LogP contribution >= 0.6 is 0 Å². The predicted octanol–water partition coefficient (Wildman–Crippen LogP) is 4.53. The SMILES string of the molecule is Cc1nc2c(F)cc(-c3nc(Nc4cn(C5CCNCC5)cn4)ncc3F)cc2n1C(C)C. The van der Waals surface area contributed by atoms with Crippen molar-refractivity contribution in [2.45, 2.75) is 45.7 Å². The minimum absolute atomic E-state index is 0.0141. The molecule has 1 aliphatic heterocycles. The Kier molecular flexibility index (Phi) is 5.53. The Bertz CT molecular complexity index is 1300. The summed E-state index contributed by atoms with van der Waals surface area (Å²) in [6.07, 6.45) is 6.84. The molecule has 4 aromatic rings. The van der Waals surface area contributed by atoms with Crippen LogP contribution in [0.15, 0.2) is 30.9 Å². The number of imidazole rings is 2. The average molecular weight is 453 g/mol. The van der Waals surface area contributed by atoms with Crippen LogP contribution in [0, 0.1) is 18.6 Å². The van der Waals surface area contributed by atoms with Crippen molar-refractivity contribution in [2.24, 2.45) is 0 Å². The summed E-state index contributed by atoms with van der Waals surface area (Å²) in [6.45, 7) is 7.78. The lowest BCUT2D eigenvalue weighted by Gasteiger charge is -2.23. The molecular formula is C23H26F2N8. The third kappa shape index (κ3) is 4.06. The van der Waals surface area contributed by atoms with Crippen LogP contribution in [0.25, 0.3) is 22.3 Å². The highest BCUT2D eigenvalue weighted by Gasteiger charge is 2.19. The van der Waals surface area contributed by atoms with Crippen LogP contribution < -0.4 is 10.6 Å². The normalized spacial score (nSPS) is 15.0. The lowest BCUT2D eigenvalue weighted by Crippen LogP contribution is -2.28. The fourth-order valence-corrected chi connectivity index (χ4v) is 4.51. The summed E-state index contributed by atoms with van der Waals surface area (Å²) in [5.74, 6) is 0.313. The van der Waals surface area contributed by atoms with E-state index in [9.17, 15) is 8.78 Å². The summed E-state index contributed by atoms with van der Waals surface area (Å²) in [4.78, 5) is 17.1. The molecule has 4 heterocycles. The standard InChI is InChI=1S/C23H26F2N8/c1-13(2)33-14(3)29-22-17(24)8-15(9-19(22)33)21-18(25)10-27-23(31-21)30-20-11-32(12-28-20)16-4-6-26-7-5-16/h8-13,16,26H,4-7H2,1-3H3,(H,27,30,31). The molecule has 1 aliphatic rings. The zero-order valence-corrected chi connectivity index (χ0v) is 18.8. The van der Waals surface area contributed by atoms with E-state index in [2.05, 4.69) is 35.1 Å². The van der Waals surface area contributed by atoms with Crippen molar-refractivity contribution in [3.63, 3.8) is 0 Å². The number of nitrogens with zero attached hydrogens (tertiary/aromatic N) is 6. The van der Waals surface area contributed by atoms with Gasteiger partial charge in [0.25, 0.3) is 0 Å². The number of anilines is 2. The summed E-state index contributed by atoms with van der Waals surface area (Å²) >= 11 is 0. The van der Waals surface area contributed by atoms with Crippen LogP contribution in [-0.2, 0) is 0 Å². The molecule has 0 bridgehead atoms. The Morgan fingerprint density at radius 1 is 1.09 bits per heavy atom. The van der Waals surface area contributed by atoms with Crippen LogP contribution in [0.1, 0.15) is 44.6 Å². The Balaban J connectivity index is 1.47. The molecule has 172 valence electrons. The Hall–Kier alpha value is -3.40. The number of piperidine rings is 1. The second-order valence-electron chi connectivity index (χ2n) is 8.65. The van der Waals surface area contributed by atoms with Gasteiger partial charge in [0.1, 0.15) is 17.0 Å². The van der Waals surface area contributed by atoms with Crippen molar-refractivity contribution >= 4 is 22.8 Å². The highest BCUT2D eigenvalue weighted by Crippen LogP contribution is 2.30. The number of fused-ring (bicyclic) bond motifs is 1. The van der Waals surface area contributed by atoms with Gasteiger partial charge in [-0.05, 0) is 58.8 Å². The summed E-state index contributed by atoms with van der Waals surface area (Å²) in [7, 11) is 0. The highest BCUT2D eigenvalue weighted by molar-refractivity contribution is 5.83. The van der Waals surface area contributed by atoms with Gasteiger partial charge in [0.2, 0.25) is 5.95 Å². The van der Waals surface area contributed by atoms with Gasteiger partial charge >= 0.3 is 0 Å². The smallest absolute Gasteiger partial charge is 0.229 e. The summed E-state index contributed by atoms with van der Waals surface area (Å²) in [6, 6.07) is 3.45. The Morgan fingerprint density at radius 2 is 1.88 bits per heavy atom. The molecule has 0 aliphatic carbocycles. The van der Waals surface area contributed by atoms with Crippen LogP contribution in [0.2, 0.25) is 0 Å². The van der Waals surface area contributed by atoms with Gasteiger partial charge in [-0.3, -0.25) is 0 Å². The van der Waals surface area contributed by atoms with E-state index in [0.29, 0.717) is 28.8 Å². The topological polar surface area (TPSA) is 85.5 Å². The molecule has 1 aromatic carbocycles. The lowest BCUT2D eigenvalue weighted by molar-refractivity contribution is 0.368. The van der Waals surface area contributed by atoms with Crippen molar-refractivity contribution in [3.05, 3.63) is 48.3 Å². The monoisotopic (exact) mass is 452 g/mol.